The highest BCUT2D eigenvalue weighted by atomic mass is 16.3. The van der Waals surface area contributed by atoms with Crippen LogP contribution in [0.5, 0.6) is 11.5 Å². The van der Waals surface area contributed by atoms with Crippen LogP contribution in [-0.2, 0) is 6.42 Å². The summed E-state index contributed by atoms with van der Waals surface area (Å²) in [5, 5.41) is 18.1. The van der Waals surface area contributed by atoms with E-state index in [2.05, 4.69) is 6.58 Å². The Kier molecular flexibility index (Phi) is 2.24. The van der Waals surface area contributed by atoms with Crippen LogP contribution in [0.2, 0.25) is 0 Å². The van der Waals surface area contributed by atoms with Crippen LogP contribution in [0.25, 0.3) is 0 Å². The summed E-state index contributed by atoms with van der Waals surface area (Å²) in [6, 6.07) is 4.58. The van der Waals surface area contributed by atoms with Gasteiger partial charge in [0.05, 0.1) is 0 Å². The smallest absolute Gasteiger partial charge is 0.157 e. The Morgan fingerprint density at radius 2 is 2.00 bits per heavy atom. The lowest BCUT2D eigenvalue weighted by Crippen LogP contribution is -1.98. The first-order chi connectivity index (χ1) is 5.59. The molecule has 1 aromatic carbocycles. The lowest BCUT2D eigenvalue weighted by Gasteiger charge is -2.02. The van der Waals surface area contributed by atoms with Crippen molar-refractivity contribution in [1.29, 1.82) is 0 Å². The van der Waals surface area contributed by atoms with Gasteiger partial charge in [-0.15, -0.1) is 0 Å². The Bertz CT molecular complexity index is 307. The van der Waals surface area contributed by atoms with Crippen molar-refractivity contribution in [3.63, 3.8) is 0 Å². The van der Waals surface area contributed by atoms with Gasteiger partial charge in [-0.1, -0.05) is 12.6 Å². The number of hydrogen-bond acceptors (Lipinski definition) is 3. The number of hydrogen-bond donors (Lipinski definition) is 3. The van der Waals surface area contributed by atoms with E-state index in [1.807, 2.05) is 0 Å². The van der Waals surface area contributed by atoms with Gasteiger partial charge in [0.15, 0.2) is 11.5 Å². The molecule has 0 aliphatic rings. The molecule has 0 aliphatic heterocycles. The summed E-state index contributed by atoms with van der Waals surface area (Å²) in [5.41, 5.74) is 6.73. The fourth-order valence-electron chi connectivity index (χ4n) is 0.941. The van der Waals surface area contributed by atoms with Crippen molar-refractivity contribution in [2.45, 2.75) is 6.42 Å². The number of rotatable bonds is 2. The van der Waals surface area contributed by atoms with E-state index in [9.17, 15) is 0 Å². The summed E-state index contributed by atoms with van der Waals surface area (Å²) in [5.74, 6) is -0.255. The van der Waals surface area contributed by atoms with Crippen LogP contribution in [-0.4, -0.2) is 10.2 Å². The van der Waals surface area contributed by atoms with Crippen LogP contribution in [0, 0.1) is 0 Å². The standard InChI is InChI=1S/C9H11NO2/c1-6(10)4-7-2-3-8(11)9(12)5-7/h2-3,5,11-12H,1,4,10H2. The van der Waals surface area contributed by atoms with Crippen LogP contribution < -0.4 is 5.73 Å². The predicted octanol–water partition coefficient (Wildman–Crippen LogP) is 1.11. The van der Waals surface area contributed by atoms with Gasteiger partial charge < -0.3 is 15.9 Å². The van der Waals surface area contributed by atoms with Crippen LogP contribution in [0.1, 0.15) is 5.56 Å². The average Bonchev–Trinajstić information content (AvgIpc) is 1.96. The van der Waals surface area contributed by atoms with Crippen molar-refractivity contribution in [2.24, 2.45) is 5.73 Å². The summed E-state index contributed by atoms with van der Waals surface area (Å²) in [6.07, 6.45) is 0.508. The third-order valence-corrected chi connectivity index (χ3v) is 1.47. The molecule has 1 aromatic rings. The van der Waals surface area contributed by atoms with E-state index >= 15 is 0 Å². The van der Waals surface area contributed by atoms with Gasteiger partial charge in [0, 0.05) is 12.1 Å². The third kappa shape index (κ3) is 1.92. The zero-order valence-corrected chi connectivity index (χ0v) is 6.62. The van der Waals surface area contributed by atoms with E-state index in [0.717, 1.165) is 5.56 Å². The minimum absolute atomic E-state index is 0.124. The first-order valence-electron chi connectivity index (χ1n) is 3.53. The van der Waals surface area contributed by atoms with Crippen LogP contribution in [0.3, 0.4) is 0 Å². The molecule has 0 saturated heterocycles. The molecule has 0 radical (unpaired) electrons. The van der Waals surface area contributed by atoms with Gasteiger partial charge in [-0.25, -0.2) is 0 Å². The second-order valence-electron chi connectivity index (χ2n) is 2.66. The number of benzene rings is 1. The SMILES string of the molecule is C=C(N)Cc1ccc(O)c(O)c1. The molecular formula is C9H11NO2. The number of aromatic hydroxyl groups is 2. The van der Waals surface area contributed by atoms with Crippen LogP contribution in [0.4, 0.5) is 0 Å². The Morgan fingerprint density at radius 3 is 2.50 bits per heavy atom. The zero-order valence-electron chi connectivity index (χ0n) is 6.62. The van der Waals surface area contributed by atoms with E-state index < -0.39 is 0 Å². The van der Waals surface area contributed by atoms with Gasteiger partial charge in [-0.2, -0.15) is 0 Å². The Hall–Kier alpha value is -1.64. The van der Waals surface area contributed by atoms with Gasteiger partial charge >= 0.3 is 0 Å². The van der Waals surface area contributed by atoms with Crippen molar-refractivity contribution >= 4 is 0 Å². The Labute approximate surface area is 70.8 Å². The second kappa shape index (κ2) is 3.17. The molecule has 0 spiro atoms. The van der Waals surface area contributed by atoms with Gasteiger partial charge in [-0.05, 0) is 17.7 Å². The van der Waals surface area contributed by atoms with Crippen molar-refractivity contribution in [3.05, 3.63) is 36.0 Å². The monoisotopic (exact) mass is 165 g/mol. The lowest BCUT2D eigenvalue weighted by molar-refractivity contribution is 0.403. The van der Waals surface area contributed by atoms with Crippen molar-refractivity contribution < 1.29 is 10.2 Å². The highest BCUT2D eigenvalue weighted by molar-refractivity contribution is 5.41. The number of allylic oxidation sites excluding steroid dienone is 1. The molecule has 4 N–H and O–H groups in total. The molecule has 64 valence electrons. The molecule has 0 saturated carbocycles. The van der Waals surface area contributed by atoms with Crippen LogP contribution >= 0.6 is 0 Å². The highest BCUT2D eigenvalue weighted by Gasteiger charge is 2.00. The largest absolute Gasteiger partial charge is 0.504 e. The summed E-state index contributed by atoms with van der Waals surface area (Å²) in [7, 11) is 0. The maximum atomic E-state index is 9.09. The summed E-state index contributed by atoms with van der Waals surface area (Å²) < 4.78 is 0. The number of phenolic OH excluding ortho intramolecular Hbond substituents is 2. The summed E-state index contributed by atoms with van der Waals surface area (Å²) in [6.45, 7) is 3.54. The normalized spacial score (nSPS) is 9.67. The summed E-state index contributed by atoms with van der Waals surface area (Å²) >= 11 is 0. The first-order valence-corrected chi connectivity index (χ1v) is 3.53. The molecule has 0 fully saturated rings. The maximum Gasteiger partial charge on any atom is 0.157 e. The van der Waals surface area contributed by atoms with E-state index in [1.165, 1.54) is 12.1 Å². The van der Waals surface area contributed by atoms with Crippen molar-refractivity contribution in [2.75, 3.05) is 0 Å². The average molecular weight is 165 g/mol. The summed E-state index contributed by atoms with van der Waals surface area (Å²) in [4.78, 5) is 0. The quantitative estimate of drug-likeness (QED) is 0.575. The fourth-order valence-corrected chi connectivity index (χ4v) is 0.941. The van der Waals surface area contributed by atoms with Gasteiger partial charge in [0.2, 0.25) is 0 Å². The molecule has 12 heavy (non-hydrogen) atoms. The molecular weight excluding hydrogens is 154 g/mol. The van der Waals surface area contributed by atoms with Crippen molar-refractivity contribution in [3.8, 4) is 11.5 Å². The third-order valence-electron chi connectivity index (χ3n) is 1.47. The second-order valence-corrected chi connectivity index (χ2v) is 2.66. The molecule has 1 rings (SSSR count). The molecule has 0 aromatic heterocycles. The van der Waals surface area contributed by atoms with E-state index in [-0.39, 0.29) is 11.5 Å². The van der Waals surface area contributed by atoms with Gasteiger partial charge in [0.25, 0.3) is 0 Å². The maximum absolute atomic E-state index is 9.09. The molecule has 0 heterocycles. The van der Waals surface area contributed by atoms with E-state index in [4.69, 9.17) is 15.9 Å². The van der Waals surface area contributed by atoms with E-state index in [1.54, 1.807) is 6.07 Å². The first kappa shape index (κ1) is 8.46. The van der Waals surface area contributed by atoms with Crippen molar-refractivity contribution in [1.82, 2.24) is 0 Å². The molecule has 3 heteroatoms. The molecule has 0 amide bonds. The minimum atomic E-state index is -0.131. The Balaban J connectivity index is 2.89. The molecule has 0 bridgehead atoms. The fraction of sp³-hybridized carbons (Fsp3) is 0.111. The van der Waals surface area contributed by atoms with E-state index in [0.29, 0.717) is 12.1 Å². The lowest BCUT2D eigenvalue weighted by atomic mass is 10.1. The predicted molar refractivity (Wildman–Crippen MR) is 46.8 cm³/mol. The van der Waals surface area contributed by atoms with Gasteiger partial charge in [0.1, 0.15) is 0 Å². The van der Waals surface area contributed by atoms with Gasteiger partial charge in [-0.3, -0.25) is 0 Å². The topological polar surface area (TPSA) is 66.5 Å². The minimum Gasteiger partial charge on any atom is -0.504 e. The molecule has 0 unspecified atom stereocenters. The molecule has 0 aliphatic carbocycles. The Morgan fingerprint density at radius 1 is 1.33 bits per heavy atom. The number of phenols is 2. The zero-order chi connectivity index (χ0) is 9.14. The molecule has 3 nitrogen and oxygen atoms in total. The van der Waals surface area contributed by atoms with Crippen LogP contribution in [0.15, 0.2) is 30.5 Å². The highest BCUT2D eigenvalue weighted by Crippen LogP contribution is 2.25. The molecule has 0 atom stereocenters. The number of nitrogens with two attached hydrogens (primary N) is 1.